The van der Waals surface area contributed by atoms with Crippen LogP contribution in [0.2, 0.25) is 0 Å². The molecular formula is C26H27N7O4. The summed E-state index contributed by atoms with van der Waals surface area (Å²) in [5.41, 5.74) is 7.81. The van der Waals surface area contributed by atoms with Gasteiger partial charge in [-0.15, -0.1) is 0 Å². The van der Waals surface area contributed by atoms with Crippen LogP contribution in [0.1, 0.15) is 36.8 Å². The van der Waals surface area contributed by atoms with Gasteiger partial charge in [0.1, 0.15) is 23.7 Å². The first-order chi connectivity index (χ1) is 17.6. The van der Waals surface area contributed by atoms with Crippen LogP contribution in [0, 0.1) is 0 Å². The lowest BCUT2D eigenvalue weighted by Crippen LogP contribution is -2.21. The van der Waals surface area contributed by atoms with Crippen LogP contribution in [0.5, 0.6) is 11.6 Å². The Balaban J connectivity index is 1.49. The second-order valence-corrected chi connectivity index (χ2v) is 9.10. The number of nitrogen functional groups attached to an aromatic ring is 1. The first-order valence-corrected chi connectivity index (χ1v) is 11.3. The van der Waals surface area contributed by atoms with Gasteiger partial charge in [0.15, 0.2) is 0 Å². The molecule has 37 heavy (non-hydrogen) atoms. The molecule has 0 spiro atoms. The van der Waals surface area contributed by atoms with Crippen molar-refractivity contribution in [1.82, 2.24) is 19.7 Å². The summed E-state index contributed by atoms with van der Waals surface area (Å²) in [7, 11) is 1.33. The van der Waals surface area contributed by atoms with E-state index in [4.69, 9.17) is 15.2 Å². The number of anilines is 3. The highest BCUT2D eigenvalue weighted by atomic mass is 16.5. The molecule has 4 rings (SSSR count). The van der Waals surface area contributed by atoms with Crippen molar-refractivity contribution in [1.29, 1.82) is 0 Å². The van der Waals surface area contributed by atoms with Crippen LogP contribution in [0.25, 0.3) is 5.69 Å². The van der Waals surface area contributed by atoms with Crippen LogP contribution in [-0.4, -0.2) is 38.9 Å². The van der Waals surface area contributed by atoms with Gasteiger partial charge in [-0.3, -0.25) is 5.32 Å². The second kappa shape index (κ2) is 10.4. The molecule has 0 radical (unpaired) electrons. The van der Waals surface area contributed by atoms with Crippen LogP contribution >= 0.6 is 0 Å². The molecule has 0 bridgehead atoms. The van der Waals surface area contributed by atoms with Gasteiger partial charge in [0, 0.05) is 23.2 Å². The average molecular weight is 502 g/mol. The molecule has 0 saturated heterocycles. The van der Waals surface area contributed by atoms with Crippen LogP contribution < -0.4 is 21.1 Å². The summed E-state index contributed by atoms with van der Waals surface area (Å²) in [6.07, 6.45) is 1.31. The van der Waals surface area contributed by atoms with E-state index in [1.165, 1.54) is 19.5 Å². The molecule has 2 aromatic heterocycles. The van der Waals surface area contributed by atoms with Gasteiger partial charge in [-0.25, -0.2) is 24.2 Å². The SMILES string of the molecule is COC(=O)c1ccc(-n2nc(C(C)(C)C)cc2NC(=O)Nc2ccc(Oc3cc(N)ncn3)cc2)cc1. The van der Waals surface area contributed by atoms with E-state index < -0.39 is 12.0 Å². The zero-order chi connectivity index (χ0) is 26.6. The number of amides is 2. The number of urea groups is 1. The molecule has 11 nitrogen and oxygen atoms in total. The van der Waals surface area contributed by atoms with E-state index in [2.05, 4.69) is 25.7 Å². The van der Waals surface area contributed by atoms with Gasteiger partial charge >= 0.3 is 12.0 Å². The number of esters is 1. The molecule has 0 unspecified atom stereocenters. The molecular weight excluding hydrogens is 474 g/mol. The number of carbonyl (C=O) groups is 2. The largest absolute Gasteiger partial charge is 0.465 e. The van der Waals surface area contributed by atoms with Crippen molar-refractivity contribution in [2.75, 3.05) is 23.5 Å². The lowest BCUT2D eigenvalue weighted by molar-refractivity contribution is 0.0600. The molecule has 2 amide bonds. The second-order valence-electron chi connectivity index (χ2n) is 9.10. The lowest BCUT2D eigenvalue weighted by atomic mass is 9.92. The van der Waals surface area contributed by atoms with Crippen LogP contribution in [0.4, 0.5) is 22.1 Å². The van der Waals surface area contributed by atoms with Gasteiger partial charge in [-0.1, -0.05) is 20.8 Å². The maximum Gasteiger partial charge on any atom is 0.337 e. The fourth-order valence-corrected chi connectivity index (χ4v) is 3.31. The van der Waals surface area contributed by atoms with Gasteiger partial charge in [-0.2, -0.15) is 5.10 Å². The number of methoxy groups -OCH3 is 1. The Morgan fingerprint density at radius 3 is 2.27 bits per heavy atom. The molecule has 190 valence electrons. The molecule has 0 atom stereocenters. The van der Waals surface area contributed by atoms with Crippen molar-refractivity contribution in [2.24, 2.45) is 0 Å². The average Bonchev–Trinajstić information content (AvgIpc) is 3.29. The zero-order valence-electron chi connectivity index (χ0n) is 20.9. The summed E-state index contributed by atoms with van der Waals surface area (Å²) in [4.78, 5) is 32.4. The fraction of sp³-hybridized carbons (Fsp3) is 0.192. The summed E-state index contributed by atoms with van der Waals surface area (Å²) in [5, 5.41) is 10.3. The van der Waals surface area contributed by atoms with Gasteiger partial charge < -0.3 is 20.5 Å². The Morgan fingerprint density at radius 2 is 1.65 bits per heavy atom. The first kappa shape index (κ1) is 25.2. The zero-order valence-corrected chi connectivity index (χ0v) is 20.9. The van der Waals surface area contributed by atoms with E-state index in [1.54, 1.807) is 53.2 Å². The number of aromatic nitrogens is 4. The maximum atomic E-state index is 12.8. The topological polar surface area (TPSA) is 146 Å². The lowest BCUT2D eigenvalue weighted by Gasteiger charge is -2.14. The molecule has 2 aromatic carbocycles. The van der Waals surface area contributed by atoms with E-state index in [0.717, 1.165) is 5.69 Å². The standard InChI is InChI=1S/C26H27N7O4/c1-26(2,3)20-13-22(33(32-20)18-9-5-16(6-10-18)24(34)36-4)31-25(35)30-17-7-11-19(12-8-17)37-23-14-21(27)28-15-29-23/h5-15H,1-4H3,(H2,27,28,29)(H2,30,31,35). The van der Waals surface area contributed by atoms with Crippen molar-refractivity contribution < 1.29 is 19.1 Å². The van der Waals surface area contributed by atoms with Gasteiger partial charge in [0.2, 0.25) is 5.88 Å². The predicted molar refractivity (Wildman–Crippen MR) is 139 cm³/mol. The summed E-state index contributed by atoms with van der Waals surface area (Å²) >= 11 is 0. The van der Waals surface area contributed by atoms with Crippen LogP contribution in [0.3, 0.4) is 0 Å². The monoisotopic (exact) mass is 501 g/mol. The normalized spacial score (nSPS) is 11.0. The Kier molecular flexibility index (Phi) is 7.05. The molecule has 2 heterocycles. The van der Waals surface area contributed by atoms with E-state index in [-0.39, 0.29) is 5.41 Å². The number of nitrogens with one attached hydrogen (secondary N) is 2. The first-order valence-electron chi connectivity index (χ1n) is 11.3. The Labute approximate surface area is 213 Å². The minimum absolute atomic E-state index is 0.256. The number of nitrogens with zero attached hydrogens (tertiary/aromatic N) is 4. The van der Waals surface area contributed by atoms with Crippen LogP contribution in [0.15, 0.2) is 67.0 Å². The molecule has 4 aromatic rings. The number of hydrogen-bond donors (Lipinski definition) is 3. The van der Waals surface area contributed by atoms with E-state index in [9.17, 15) is 9.59 Å². The van der Waals surface area contributed by atoms with Crippen molar-refractivity contribution in [3.05, 3.63) is 78.2 Å². The van der Waals surface area contributed by atoms with Gasteiger partial charge in [0.25, 0.3) is 0 Å². The Morgan fingerprint density at radius 1 is 0.946 bits per heavy atom. The molecule has 0 fully saturated rings. The molecule has 0 aliphatic heterocycles. The smallest absolute Gasteiger partial charge is 0.337 e. The third-order valence-corrected chi connectivity index (χ3v) is 5.25. The Hall–Kier alpha value is -4.93. The summed E-state index contributed by atoms with van der Waals surface area (Å²) in [6.45, 7) is 6.09. The highest BCUT2D eigenvalue weighted by molar-refractivity contribution is 5.99. The minimum Gasteiger partial charge on any atom is -0.465 e. The van der Waals surface area contributed by atoms with Crippen molar-refractivity contribution in [3.8, 4) is 17.3 Å². The quantitative estimate of drug-likeness (QED) is 0.320. The number of nitrogens with two attached hydrogens (primary N) is 1. The number of hydrogen-bond acceptors (Lipinski definition) is 8. The van der Waals surface area contributed by atoms with Crippen molar-refractivity contribution in [2.45, 2.75) is 26.2 Å². The third kappa shape index (κ3) is 6.20. The molecule has 4 N–H and O–H groups in total. The highest BCUT2D eigenvalue weighted by Gasteiger charge is 2.22. The minimum atomic E-state index is -0.454. The van der Waals surface area contributed by atoms with Crippen LogP contribution in [-0.2, 0) is 10.2 Å². The van der Waals surface area contributed by atoms with Gasteiger partial charge in [0.05, 0.1) is 24.1 Å². The molecule has 11 heteroatoms. The number of ether oxygens (including phenoxy) is 2. The molecule has 0 saturated carbocycles. The van der Waals surface area contributed by atoms with E-state index >= 15 is 0 Å². The summed E-state index contributed by atoms with van der Waals surface area (Å²) in [5.74, 6) is 1.17. The number of carbonyl (C=O) groups excluding carboxylic acids is 2. The molecule has 0 aliphatic carbocycles. The number of benzene rings is 2. The molecule has 0 aliphatic rings. The fourth-order valence-electron chi connectivity index (χ4n) is 3.31. The summed E-state index contributed by atoms with van der Waals surface area (Å²) < 4.78 is 12.0. The van der Waals surface area contributed by atoms with E-state index in [0.29, 0.717) is 40.2 Å². The van der Waals surface area contributed by atoms with Gasteiger partial charge in [-0.05, 0) is 48.5 Å². The Bertz CT molecular complexity index is 1410. The maximum absolute atomic E-state index is 12.8. The van der Waals surface area contributed by atoms with Crippen molar-refractivity contribution >= 4 is 29.3 Å². The highest BCUT2D eigenvalue weighted by Crippen LogP contribution is 2.27. The third-order valence-electron chi connectivity index (χ3n) is 5.25. The predicted octanol–water partition coefficient (Wildman–Crippen LogP) is 4.76. The van der Waals surface area contributed by atoms with E-state index in [1.807, 2.05) is 26.8 Å². The summed E-state index contributed by atoms with van der Waals surface area (Å²) in [6, 6.07) is 16.4. The number of rotatable bonds is 6. The van der Waals surface area contributed by atoms with Crippen molar-refractivity contribution in [3.63, 3.8) is 0 Å².